The normalized spacial score (nSPS) is 35.4. The topological polar surface area (TPSA) is 37.4 Å². The molecule has 0 aromatic heterocycles. The predicted molar refractivity (Wildman–Crippen MR) is 61.5 cm³/mol. The van der Waals surface area contributed by atoms with Crippen LogP contribution in [0.2, 0.25) is 0 Å². The van der Waals surface area contributed by atoms with E-state index < -0.39 is 0 Å². The van der Waals surface area contributed by atoms with Gasteiger partial charge < -0.3 is 0 Å². The maximum Gasteiger partial charge on any atom is 0.232 e. The molecule has 0 aromatic rings. The molecule has 2 aliphatic carbocycles. The Bertz CT molecular complexity index is 324. The highest BCUT2D eigenvalue weighted by Crippen LogP contribution is 2.48. The van der Waals surface area contributed by atoms with Crippen LogP contribution in [0.5, 0.6) is 0 Å². The summed E-state index contributed by atoms with van der Waals surface area (Å²) in [6.07, 6.45) is 6.99. The van der Waals surface area contributed by atoms with Crippen molar-refractivity contribution in [1.82, 2.24) is 4.90 Å². The van der Waals surface area contributed by atoms with Crippen molar-refractivity contribution in [2.45, 2.75) is 26.7 Å². The molecule has 2 amide bonds. The molecule has 88 valence electrons. The van der Waals surface area contributed by atoms with E-state index in [0.29, 0.717) is 30.7 Å². The number of amides is 2. The van der Waals surface area contributed by atoms with Crippen molar-refractivity contribution in [1.29, 1.82) is 0 Å². The highest BCUT2D eigenvalue weighted by Gasteiger charge is 2.46. The summed E-state index contributed by atoms with van der Waals surface area (Å²) >= 11 is 0. The summed E-state index contributed by atoms with van der Waals surface area (Å²) < 4.78 is 0. The van der Waals surface area contributed by atoms with Gasteiger partial charge in [0.15, 0.2) is 0 Å². The van der Waals surface area contributed by atoms with E-state index in [4.69, 9.17) is 0 Å². The van der Waals surface area contributed by atoms with Crippen molar-refractivity contribution in [3.05, 3.63) is 12.2 Å². The number of hydrogen-bond acceptors (Lipinski definition) is 2. The monoisotopic (exact) mass is 221 g/mol. The summed E-state index contributed by atoms with van der Waals surface area (Å²) in [4.78, 5) is 24.5. The average Bonchev–Trinajstić information content (AvgIpc) is 2.85. The zero-order chi connectivity index (χ0) is 11.7. The van der Waals surface area contributed by atoms with Crippen LogP contribution in [-0.2, 0) is 9.59 Å². The first-order valence-electron chi connectivity index (χ1n) is 6.13. The lowest BCUT2D eigenvalue weighted by molar-refractivity contribution is -0.143. The third kappa shape index (κ3) is 1.68. The second-order valence-electron chi connectivity index (χ2n) is 4.97. The van der Waals surface area contributed by atoms with Crippen LogP contribution in [0.3, 0.4) is 0 Å². The van der Waals surface area contributed by atoms with E-state index in [0.717, 1.165) is 12.8 Å². The first-order valence-corrected chi connectivity index (χ1v) is 6.13. The third-order valence-electron chi connectivity index (χ3n) is 4.01. The first-order chi connectivity index (χ1) is 7.69. The maximum absolute atomic E-state index is 12.2. The molecule has 3 nitrogen and oxygen atoms in total. The smallest absolute Gasteiger partial charge is 0.232 e. The van der Waals surface area contributed by atoms with E-state index in [9.17, 15) is 9.59 Å². The summed E-state index contributed by atoms with van der Waals surface area (Å²) in [5.41, 5.74) is 0. The average molecular weight is 221 g/mol. The fourth-order valence-corrected chi connectivity index (χ4v) is 3.12. The Labute approximate surface area is 96.5 Å². The molecule has 0 aliphatic heterocycles. The molecular weight excluding hydrogens is 202 g/mol. The summed E-state index contributed by atoms with van der Waals surface area (Å²) in [6.45, 7) is 4.66. The van der Waals surface area contributed by atoms with Crippen LogP contribution in [0.25, 0.3) is 0 Å². The van der Waals surface area contributed by atoms with Gasteiger partial charge in [-0.05, 0) is 30.6 Å². The Morgan fingerprint density at radius 3 is 2.62 bits per heavy atom. The molecule has 0 spiro atoms. The van der Waals surface area contributed by atoms with Gasteiger partial charge in [-0.25, -0.2) is 0 Å². The number of fused-ring (bicyclic) bond motifs is 2. The standard InChI is InChI=1S/C13H19NO2/c1-3-6-14(8-15)13(16)12-9(2)10-4-5-11(12)7-10/h4-5,8-12H,3,6-7H2,1-2H3. The van der Waals surface area contributed by atoms with Crippen molar-refractivity contribution in [3.8, 4) is 0 Å². The molecule has 0 aromatic carbocycles. The van der Waals surface area contributed by atoms with Crippen LogP contribution < -0.4 is 0 Å². The minimum absolute atomic E-state index is 0.0289. The van der Waals surface area contributed by atoms with E-state index in [-0.39, 0.29) is 11.8 Å². The van der Waals surface area contributed by atoms with Gasteiger partial charge in [0, 0.05) is 12.5 Å². The van der Waals surface area contributed by atoms with Crippen LogP contribution in [0, 0.1) is 23.7 Å². The third-order valence-corrected chi connectivity index (χ3v) is 4.01. The van der Waals surface area contributed by atoms with Crippen LogP contribution in [-0.4, -0.2) is 23.8 Å². The molecule has 1 saturated carbocycles. The maximum atomic E-state index is 12.2. The Morgan fingerprint density at radius 1 is 1.44 bits per heavy atom. The highest BCUT2D eigenvalue weighted by atomic mass is 16.2. The quantitative estimate of drug-likeness (QED) is 0.536. The van der Waals surface area contributed by atoms with Gasteiger partial charge in [-0.3, -0.25) is 14.5 Å². The molecule has 0 radical (unpaired) electrons. The lowest BCUT2D eigenvalue weighted by atomic mass is 9.83. The molecule has 2 aliphatic rings. The first kappa shape index (κ1) is 11.4. The number of hydrogen-bond donors (Lipinski definition) is 0. The Balaban J connectivity index is 2.10. The number of carbonyl (C=O) groups is 2. The Kier molecular flexibility index (Phi) is 3.13. The number of imide groups is 1. The molecular formula is C13H19NO2. The van der Waals surface area contributed by atoms with E-state index in [2.05, 4.69) is 19.1 Å². The van der Waals surface area contributed by atoms with Gasteiger partial charge in [0.1, 0.15) is 0 Å². The second kappa shape index (κ2) is 4.40. The zero-order valence-electron chi connectivity index (χ0n) is 9.93. The van der Waals surface area contributed by atoms with Gasteiger partial charge in [0.2, 0.25) is 12.3 Å². The molecule has 2 bridgehead atoms. The minimum atomic E-state index is 0.0289. The van der Waals surface area contributed by atoms with Crippen LogP contribution in [0.4, 0.5) is 0 Å². The molecule has 3 heteroatoms. The summed E-state index contributed by atoms with van der Waals surface area (Å²) in [5, 5.41) is 0. The molecule has 0 saturated heterocycles. The molecule has 4 atom stereocenters. The van der Waals surface area contributed by atoms with E-state index >= 15 is 0 Å². The van der Waals surface area contributed by atoms with Crippen molar-refractivity contribution in [2.75, 3.05) is 6.54 Å². The second-order valence-corrected chi connectivity index (χ2v) is 4.97. The van der Waals surface area contributed by atoms with E-state index in [1.165, 1.54) is 4.90 Å². The van der Waals surface area contributed by atoms with Crippen molar-refractivity contribution in [3.63, 3.8) is 0 Å². The number of nitrogens with zero attached hydrogens (tertiary/aromatic N) is 1. The number of carbonyl (C=O) groups excluding carboxylic acids is 2. The van der Waals surface area contributed by atoms with E-state index in [1.54, 1.807) is 0 Å². The minimum Gasteiger partial charge on any atom is -0.285 e. The zero-order valence-corrected chi connectivity index (χ0v) is 9.93. The largest absolute Gasteiger partial charge is 0.285 e. The van der Waals surface area contributed by atoms with Crippen LogP contribution in [0.1, 0.15) is 26.7 Å². The Hall–Kier alpha value is -1.12. The molecule has 1 fully saturated rings. The van der Waals surface area contributed by atoms with Gasteiger partial charge in [-0.2, -0.15) is 0 Å². The lowest BCUT2D eigenvalue weighted by Gasteiger charge is -2.27. The summed E-state index contributed by atoms with van der Waals surface area (Å²) in [7, 11) is 0. The van der Waals surface area contributed by atoms with Crippen molar-refractivity contribution >= 4 is 12.3 Å². The SMILES string of the molecule is CCCN(C=O)C(=O)C1C2C=CC(C2)C1C. The summed E-state index contributed by atoms with van der Waals surface area (Å²) in [6, 6.07) is 0. The van der Waals surface area contributed by atoms with Gasteiger partial charge in [0.05, 0.1) is 0 Å². The highest BCUT2D eigenvalue weighted by molar-refractivity contribution is 5.89. The molecule has 0 heterocycles. The number of rotatable bonds is 4. The van der Waals surface area contributed by atoms with Crippen LogP contribution >= 0.6 is 0 Å². The fraction of sp³-hybridized carbons (Fsp3) is 0.692. The summed E-state index contributed by atoms with van der Waals surface area (Å²) in [5.74, 6) is 1.37. The van der Waals surface area contributed by atoms with E-state index in [1.807, 2.05) is 6.92 Å². The van der Waals surface area contributed by atoms with Gasteiger partial charge in [0.25, 0.3) is 0 Å². The molecule has 2 rings (SSSR count). The van der Waals surface area contributed by atoms with Crippen LogP contribution in [0.15, 0.2) is 12.2 Å². The van der Waals surface area contributed by atoms with Crippen molar-refractivity contribution < 1.29 is 9.59 Å². The fourth-order valence-electron chi connectivity index (χ4n) is 3.12. The molecule has 16 heavy (non-hydrogen) atoms. The van der Waals surface area contributed by atoms with Crippen molar-refractivity contribution in [2.24, 2.45) is 23.7 Å². The molecule has 4 unspecified atom stereocenters. The number of allylic oxidation sites excluding steroid dienone is 2. The van der Waals surface area contributed by atoms with Gasteiger partial charge in [-0.1, -0.05) is 26.0 Å². The predicted octanol–water partition coefficient (Wildman–Crippen LogP) is 1.84. The van der Waals surface area contributed by atoms with Gasteiger partial charge in [-0.15, -0.1) is 0 Å². The molecule has 0 N–H and O–H groups in total. The lowest BCUT2D eigenvalue weighted by Crippen LogP contribution is -2.39. The van der Waals surface area contributed by atoms with Gasteiger partial charge >= 0.3 is 0 Å². The Morgan fingerprint density at radius 2 is 2.12 bits per heavy atom.